The Bertz CT molecular complexity index is 746. The van der Waals surface area contributed by atoms with Gasteiger partial charge in [0.15, 0.2) is 0 Å². The molecule has 0 saturated carbocycles. The van der Waals surface area contributed by atoms with Gasteiger partial charge in [-0.2, -0.15) is 0 Å². The Labute approximate surface area is 147 Å². The van der Waals surface area contributed by atoms with Crippen molar-refractivity contribution < 1.29 is 14.3 Å². The smallest absolute Gasteiger partial charge is 0.337 e. The molecule has 1 aromatic heterocycles. The van der Waals surface area contributed by atoms with E-state index in [2.05, 4.69) is 22.0 Å². The summed E-state index contributed by atoms with van der Waals surface area (Å²) in [7, 11) is 3.28. The van der Waals surface area contributed by atoms with Crippen LogP contribution in [0.3, 0.4) is 0 Å². The molecular weight excluding hydrogens is 318 g/mol. The van der Waals surface area contributed by atoms with Crippen LogP contribution in [-0.2, 0) is 4.74 Å². The Hall–Kier alpha value is -2.89. The van der Waals surface area contributed by atoms with Crippen molar-refractivity contribution in [3.63, 3.8) is 0 Å². The summed E-state index contributed by atoms with van der Waals surface area (Å²) in [4.78, 5) is 30.4. The van der Waals surface area contributed by atoms with Gasteiger partial charge in [0.2, 0.25) is 0 Å². The summed E-state index contributed by atoms with van der Waals surface area (Å²) in [5.74, 6) is 0.0545. The minimum absolute atomic E-state index is 0.255. The molecule has 0 spiro atoms. The molecular formula is C19H23N3O3. The Morgan fingerprint density at radius 1 is 1.20 bits per heavy atom. The molecule has 2 aromatic rings. The molecule has 6 heteroatoms. The van der Waals surface area contributed by atoms with Crippen molar-refractivity contribution in [3.05, 3.63) is 53.7 Å². The Morgan fingerprint density at radius 3 is 2.72 bits per heavy atom. The van der Waals surface area contributed by atoms with Crippen LogP contribution in [0.2, 0.25) is 0 Å². The lowest BCUT2D eigenvalue weighted by Crippen LogP contribution is -2.20. The minimum Gasteiger partial charge on any atom is -0.465 e. The third-order valence-electron chi connectivity index (χ3n) is 3.79. The number of methoxy groups -OCH3 is 1. The summed E-state index contributed by atoms with van der Waals surface area (Å²) in [6.07, 6.45) is 3.79. The number of rotatable bonds is 7. The first-order valence-electron chi connectivity index (χ1n) is 8.22. The summed E-state index contributed by atoms with van der Waals surface area (Å²) in [6, 6.07) is 10.1. The lowest BCUT2D eigenvalue weighted by Gasteiger charge is -2.18. The first kappa shape index (κ1) is 18.4. The number of carbonyl (C=O) groups excluding carboxylic acids is 2. The molecule has 0 atom stereocenters. The summed E-state index contributed by atoms with van der Waals surface area (Å²) in [5, 5.41) is 2.79. The van der Waals surface area contributed by atoms with Crippen LogP contribution in [0.15, 0.2) is 42.6 Å². The van der Waals surface area contributed by atoms with Gasteiger partial charge in [-0.25, -0.2) is 9.78 Å². The zero-order chi connectivity index (χ0) is 18.2. The van der Waals surface area contributed by atoms with E-state index in [1.165, 1.54) is 7.11 Å². The molecule has 1 heterocycles. The summed E-state index contributed by atoms with van der Waals surface area (Å²) in [5.41, 5.74) is 1.43. The van der Waals surface area contributed by atoms with Crippen LogP contribution >= 0.6 is 0 Å². The van der Waals surface area contributed by atoms with Crippen molar-refractivity contribution in [1.82, 2.24) is 4.98 Å². The van der Waals surface area contributed by atoms with Crippen molar-refractivity contribution in [2.45, 2.75) is 19.8 Å². The van der Waals surface area contributed by atoms with Gasteiger partial charge in [0.25, 0.3) is 5.91 Å². The summed E-state index contributed by atoms with van der Waals surface area (Å²) >= 11 is 0. The van der Waals surface area contributed by atoms with Crippen molar-refractivity contribution in [2.75, 3.05) is 30.9 Å². The predicted octanol–water partition coefficient (Wildman–Crippen LogP) is 3.36. The van der Waals surface area contributed by atoms with Crippen LogP contribution in [0.1, 0.15) is 40.5 Å². The number of hydrogen-bond acceptors (Lipinski definition) is 5. The molecule has 2 rings (SSSR count). The van der Waals surface area contributed by atoms with Crippen LogP contribution in [0, 0.1) is 0 Å². The van der Waals surface area contributed by atoms with Crippen molar-refractivity contribution in [3.8, 4) is 0 Å². The van der Waals surface area contributed by atoms with Crippen molar-refractivity contribution in [2.24, 2.45) is 0 Å². The number of ether oxygens (including phenoxy) is 1. The zero-order valence-electron chi connectivity index (χ0n) is 14.8. The highest BCUT2D eigenvalue weighted by molar-refractivity contribution is 6.05. The van der Waals surface area contributed by atoms with Crippen molar-refractivity contribution in [1.29, 1.82) is 0 Å². The molecule has 0 fully saturated rings. The number of benzene rings is 1. The van der Waals surface area contributed by atoms with Gasteiger partial charge >= 0.3 is 5.97 Å². The van der Waals surface area contributed by atoms with Gasteiger partial charge in [-0.15, -0.1) is 0 Å². The van der Waals surface area contributed by atoms with Crippen LogP contribution in [0.25, 0.3) is 0 Å². The number of hydrogen-bond donors (Lipinski definition) is 1. The number of esters is 1. The Kier molecular flexibility index (Phi) is 6.51. The molecule has 0 saturated heterocycles. The number of nitrogens with one attached hydrogen (secondary N) is 1. The fourth-order valence-electron chi connectivity index (χ4n) is 2.32. The molecule has 6 nitrogen and oxygen atoms in total. The SMILES string of the molecule is CCCCN(C)c1cc(C(=O)Nc2cccc(C(=O)OC)c2)ccn1. The largest absolute Gasteiger partial charge is 0.465 e. The van der Waals surface area contributed by atoms with Gasteiger partial charge in [-0.05, 0) is 36.8 Å². The van der Waals surface area contributed by atoms with Crippen LogP contribution < -0.4 is 10.2 Å². The quantitative estimate of drug-likeness (QED) is 0.782. The van der Waals surface area contributed by atoms with Gasteiger partial charge in [-0.3, -0.25) is 4.79 Å². The monoisotopic (exact) mass is 341 g/mol. The molecule has 1 amide bonds. The lowest BCUT2D eigenvalue weighted by atomic mass is 10.2. The van der Waals surface area contributed by atoms with Gasteiger partial charge < -0.3 is 15.0 Å². The van der Waals surface area contributed by atoms with E-state index in [-0.39, 0.29) is 5.91 Å². The number of amides is 1. The van der Waals surface area contributed by atoms with Gasteiger partial charge in [-0.1, -0.05) is 19.4 Å². The highest BCUT2D eigenvalue weighted by atomic mass is 16.5. The van der Waals surface area contributed by atoms with Gasteiger partial charge in [0.05, 0.1) is 12.7 Å². The summed E-state index contributed by atoms with van der Waals surface area (Å²) in [6.45, 7) is 3.02. The molecule has 0 unspecified atom stereocenters. The first-order valence-corrected chi connectivity index (χ1v) is 8.22. The zero-order valence-corrected chi connectivity index (χ0v) is 14.8. The van der Waals surface area contributed by atoms with E-state index in [1.807, 2.05) is 11.9 Å². The average Bonchev–Trinajstić information content (AvgIpc) is 2.65. The number of aromatic nitrogens is 1. The van der Waals surface area contributed by atoms with E-state index >= 15 is 0 Å². The number of carbonyl (C=O) groups is 2. The minimum atomic E-state index is -0.445. The normalized spacial score (nSPS) is 10.2. The standard InChI is InChI=1S/C19H23N3O3/c1-4-5-11-22(2)17-13-14(9-10-20-17)18(23)21-16-8-6-7-15(12-16)19(24)25-3/h6-10,12-13H,4-5,11H2,1-3H3,(H,21,23). The lowest BCUT2D eigenvalue weighted by molar-refractivity contribution is 0.0600. The number of nitrogens with zero attached hydrogens (tertiary/aromatic N) is 2. The molecule has 0 radical (unpaired) electrons. The first-order chi connectivity index (χ1) is 12.0. The Morgan fingerprint density at radius 2 is 2.00 bits per heavy atom. The highest BCUT2D eigenvalue weighted by Gasteiger charge is 2.11. The third kappa shape index (κ3) is 5.04. The van der Waals surface area contributed by atoms with E-state index in [0.29, 0.717) is 16.8 Å². The molecule has 0 aliphatic heterocycles. The van der Waals surface area contributed by atoms with Gasteiger partial charge in [0.1, 0.15) is 5.82 Å². The topological polar surface area (TPSA) is 71.5 Å². The average molecular weight is 341 g/mol. The van der Waals surface area contributed by atoms with E-state index in [9.17, 15) is 9.59 Å². The van der Waals surface area contributed by atoms with Crippen LogP contribution in [0.4, 0.5) is 11.5 Å². The number of unbranched alkanes of at least 4 members (excludes halogenated alkanes) is 1. The maximum absolute atomic E-state index is 12.5. The fraction of sp³-hybridized carbons (Fsp3) is 0.316. The second-order valence-corrected chi connectivity index (χ2v) is 5.70. The van der Waals surface area contributed by atoms with Crippen LogP contribution in [-0.4, -0.2) is 37.6 Å². The molecule has 0 aliphatic rings. The second kappa shape index (κ2) is 8.82. The maximum atomic E-state index is 12.5. The summed E-state index contributed by atoms with van der Waals surface area (Å²) < 4.78 is 4.69. The molecule has 25 heavy (non-hydrogen) atoms. The fourth-order valence-corrected chi connectivity index (χ4v) is 2.32. The Balaban J connectivity index is 2.12. The number of pyridine rings is 1. The van der Waals surface area contributed by atoms with E-state index < -0.39 is 5.97 Å². The maximum Gasteiger partial charge on any atom is 0.337 e. The third-order valence-corrected chi connectivity index (χ3v) is 3.79. The second-order valence-electron chi connectivity index (χ2n) is 5.70. The van der Waals surface area contributed by atoms with Crippen molar-refractivity contribution >= 4 is 23.4 Å². The predicted molar refractivity (Wildman–Crippen MR) is 98.1 cm³/mol. The van der Waals surface area contributed by atoms with E-state index in [4.69, 9.17) is 0 Å². The van der Waals surface area contributed by atoms with Crippen LogP contribution in [0.5, 0.6) is 0 Å². The highest BCUT2D eigenvalue weighted by Crippen LogP contribution is 2.16. The molecule has 0 bridgehead atoms. The number of anilines is 2. The van der Waals surface area contributed by atoms with Gasteiger partial charge in [0, 0.05) is 31.0 Å². The molecule has 1 aromatic carbocycles. The van der Waals surface area contributed by atoms with E-state index in [1.54, 1.807) is 42.6 Å². The molecule has 132 valence electrons. The molecule has 1 N–H and O–H groups in total. The molecule has 0 aliphatic carbocycles. The van der Waals surface area contributed by atoms with E-state index in [0.717, 1.165) is 25.2 Å².